The predicted molar refractivity (Wildman–Crippen MR) is 86.1 cm³/mol. The van der Waals surface area contributed by atoms with Crippen LogP contribution in [0, 0.1) is 11.3 Å². The Hall–Kier alpha value is -2.99. The van der Waals surface area contributed by atoms with E-state index in [-0.39, 0.29) is 0 Å². The monoisotopic (exact) mass is 289 g/mol. The van der Waals surface area contributed by atoms with Crippen molar-refractivity contribution in [2.45, 2.75) is 0 Å². The van der Waals surface area contributed by atoms with Gasteiger partial charge in [-0.25, -0.2) is 0 Å². The van der Waals surface area contributed by atoms with Gasteiger partial charge in [-0.3, -0.25) is 0 Å². The predicted octanol–water partition coefficient (Wildman–Crippen LogP) is 4.17. The molecular weight excluding hydrogens is 274 g/mol. The van der Waals surface area contributed by atoms with Crippen molar-refractivity contribution in [2.24, 2.45) is 0 Å². The zero-order valence-electron chi connectivity index (χ0n) is 12.0. The average molecular weight is 289 g/mol. The molecule has 0 aliphatic rings. The third kappa shape index (κ3) is 3.36. The van der Waals surface area contributed by atoms with Gasteiger partial charge in [0.2, 0.25) is 0 Å². The van der Waals surface area contributed by atoms with Gasteiger partial charge in [-0.2, -0.15) is 5.26 Å². The molecule has 0 saturated heterocycles. The van der Waals surface area contributed by atoms with Crippen molar-refractivity contribution in [3.63, 3.8) is 0 Å². The first-order valence-corrected chi connectivity index (χ1v) is 7.10. The van der Waals surface area contributed by atoms with Crippen molar-refractivity contribution in [2.75, 3.05) is 13.2 Å². The Morgan fingerprint density at radius 1 is 0.727 bits per heavy atom. The second-order valence-corrected chi connectivity index (χ2v) is 4.84. The van der Waals surface area contributed by atoms with Gasteiger partial charge in [0.05, 0.1) is 11.6 Å². The molecule has 0 spiro atoms. The molecule has 0 heterocycles. The van der Waals surface area contributed by atoms with E-state index in [0.29, 0.717) is 18.8 Å². The van der Waals surface area contributed by atoms with E-state index in [2.05, 4.69) is 18.2 Å². The highest BCUT2D eigenvalue weighted by molar-refractivity contribution is 5.83. The van der Waals surface area contributed by atoms with Crippen LogP contribution in [0.25, 0.3) is 10.8 Å². The Labute approximate surface area is 129 Å². The highest BCUT2D eigenvalue weighted by atomic mass is 16.5. The molecule has 3 aromatic rings. The lowest BCUT2D eigenvalue weighted by atomic mass is 10.1. The largest absolute Gasteiger partial charge is 0.490 e. The molecule has 108 valence electrons. The lowest BCUT2D eigenvalue weighted by Gasteiger charge is -2.09. The summed E-state index contributed by atoms with van der Waals surface area (Å²) in [5, 5.41) is 11.1. The second kappa shape index (κ2) is 6.64. The molecule has 0 aliphatic carbocycles. The maximum atomic E-state index is 8.73. The fourth-order valence-electron chi connectivity index (χ4n) is 2.20. The zero-order chi connectivity index (χ0) is 15.2. The van der Waals surface area contributed by atoms with Gasteiger partial charge in [0.25, 0.3) is 0 Å². The van der Waals surface area contributed by atoms with E-state index in [9.17, 15) is 0 Å². The molecule has 3 heteroatoms. The zero-order valence-corrected chi connectivity index (χ0v) is 12.0. The standard InChI is InChI=1S/C19H15NO2/c20-14-15-5-8-18(9-6-15)21-11-12-22-19-10-7-16-3-1-2-4-17(16)13-19/h1-10,13H,11-12H2. The van der Waals surface area contributed by atoms with E-state index in [1.54, 1.807) is 24.3 Å². The van der Waals surface area contributed by atoms with Crippen molar-refractivity contribution >= 4 is 10.8 Å². The number of nitriles is 1. The quantitative estimate of drug-likeness (QED) is 0.662. The average Bonchev–Trinajstić information content (AvgIpc) is 2.59. The van der Waals surface area contributed by atoms with Gasteiger partial charge in [-0.1, -0.05) is 30.3 Å². The first-order valence-electron chi connectivity index (χ1n) is 7.10. The van der Waals surface area contributed by atoms with Crippen LogP contribution in [0.1, 0.15) is 5.56 Å². The second-order valence-electron chi connectivity index (χ2n) is 4.84. The lowest BCUT2D eigenvalue weighted by molar-refractivity contribution is 0.217. The summed E-state index contributed by atoms with van der Waals surface area (Å²) >= 11 is 0. The molecule has 22 heavy (non-hydrogen) atoms. The number of hydrogen-bond acceptors (Lipinski definition) is 3. The number of rotatable bonds is 5. The summed E-state index contributed by atoms with van der Waals surface area (Å²) in [5.41, 5.74) is 0.625. The first kappa shape index (κ1) is 14.0. The van der Waals surface area contributed by atoms with Crippen LogP contribution in [0.2, 0.25) is 0 Å². The molecule has 0 aromatic heterocycles. The van der Waals surface area contributed by atoms with E-state index in [4.69, 9.17) is 14.7 Å². The van der Waals surface area contributed by atoms with Crippen LogP contribution in [0.4, 0.5) is 0 Å². The van der Waals surface area contributed by atoms with Gasteiger partial charge in [0, 0.05) is 0 Å². The van der Waals surface area contributed by atoms with Gasteiger partial charge >= 0.3 is 0 Å². The van der Waals surface area contributed by atoms with E-state index in [1.807, 2.05) is 30.3 Å². The Morgan fingerprint density at radius 3 is 2.09 bits per heavy atom. The number of ether oxygens (including phenoxy) is 2. The molecule has 3 rings (SSSR count). The van der Waals surface area contributed by atoms with Gasteiger partial charge in [-0.15, -0.1) is 0 Å². The normalized spacial score (nSPS) is 10.1. The number of nitrogens with zero attached hydrogens (tertiary/aromatic N) is 1. The van der Waals surface area contributed by atoms with Gasteiger partial charge in [-0.05, 0) is 47.2 Å². The van der Waals surface area contributed by atoms with Crippen molar-refractivity contribution in [3.05, 3.63) is 72.3 Å². The number of fused-ring (bicyclic) bond motifs is 1. The maximum absolute atomic E-state index is 8.73. The summed E-state index contributed by atoms with van der Waals surface area (Å²) in [7, 11) is 0. The summed E-state index contributed by atoms with van der Waals surface area (Å²) in [6.07, 6.45) is 0. The van der Waals surface area contributed by atoms with Crippen LogP contribution in [0.15, 0.2) is 66.7 Å². The molecule has 0 bridgehead atoms. The molecule has 0 radical (unpaired) electrons. The van der Waals surface area contributed by atoms with Crippen molar-refractivity contribution in [1.82, 2.24) is 0 Å². The molecular formula is C19H15NO2. The fourth-order valence-corrected chi connectivity index (χ4v) is 2.20. The third-order valence-electron chi connectivity index (χ3n) is 3.33. The lowest BCUT2D eigenvalue weighted by Crippen LogP contribution is -2.08. The molecule has 3 aromatic carbocycles. The minimum atomic E-state index is 0.457. The minimum Gasteiger partial charge on any atom is -0.490 e. The molecule has 0 amide bonds. The highest BCUT2D eigenvalue weighted by Gasteiger charge is 1.98. The Bertz CT molecular complexity index is 804. The SMILES string of the molecule is N#Cc1ccc(OCCOc2ccc3ccccc3c2)cc1. The highest BCUT2D eigenvalue weighted by Crippen LogP contribution is 2.20. The van der Waals surface area contributed by atoms with Gasteiger partial charge < -0.3 is 9.47 Å². The van der Waals surface area contributed by atoms with E-state index in [1.165, 1.54) is 5.39 Å². The summed E-state index contributed by atoms with van der Waals surface area (Å²) in [6, 6.07) is 23.3. The Kier molecular flexibility index (Phi) is 4.22. The van der Waals surface area contributed by atoms with Crippen LogP contribution in [0.5, 0.6) is 11.5 Å². The summed E-state index contributed by atoms with van der Waals surface area (Å²) < 4.78 is 11.3. The topological polar surface area (TPSA) is 42.2 Å². The molecule has 0 N–H and O–H groups in total. The van der Waals surface area contributed by atoms with Crippen LogP contribution < -0.4 is 9.47 Å². The Balaban J connectivity index is 1.52. The number of hydrogen-bond donors (Lipinski definition) is 0. The molecule has 0 aliphatic heterocycles. The van der Waals surface area contributed by atoms with Crippen LogP contribution in [0.3, 0.4) is 0 Å². The molecule has 0 fully saturated rings. The van der Waals surface area contributed by atoms with Gasteiger partial charge in [0.1, 0.15) is 24.7 Å². The van der Waals surface area contributed by atoms with Crippen LogP contribution >= 0.6 is 0 Å². The fraction of sp³-hybridized carbons (Fsp3) is 0.105. The first-order chi connectivity index (χ1) is 10.8. The summed E-state index contributed by atoms with van der Waals surface area (Å²) in [4.78, 5) is 0. The summed E-state index contributed by atoms with van der Waals surface area (Å²) in [5.74, 6) is 1.57. The van der Waals surface area contributed by atoms with E-state index >= 15 is 0 Å². The van der Waals surface area contributed by atoms with Crippen molar-refractivity contribution in [1.29, 1.82) is 5.26 Å². The van der Waals surface area contributed by atoms with E-state index < -0.39 is 0 Å². The molecule has 0 saturated carbocycles. The van der Waals surface area contributed by atoms with Crippen molar-refractivity contribution < 1.29 is 9.47 Å². The van der Waals surface area contributed by atoms with Crippen LogP contribution in [-0.4, -0.2) is 13.2 Å². The minimum absolute atomic E-state index is 0.457. The van der Waals surface area contributed by atoms with E-state index in [0.717, 1.165) is 16.9 Å². The van der Waals surface area contributed by atoms with Crippen molar-refractivity contribution in [3.8, 4) is 17.6 Å². The molecule has 0 unspecified atom stereocenters. The summed E-state index contributed by atoms with van der Waals surface area (Å²) in [6.45, 7) is 0.928. The smallest absolute Gasteiger partial charge is 0.122 e. The number of benzene rings is 3. The molecule has 3 nitrogen and oxygen atoms in total. The Morgan fingerprint density at radius 2 is 1.36 bits per heavy atom. The third-order valence-corrected chi connectivity index (χ3v) is 3.33. The maximum Gasteiger partial charge on any atom is 0.122 e. The van der Waals surface area contributed by atoms with Gasteiger partial charge in [0.15, 0.2) is 0 Å². The molecule has 0 atom stereocenters. The van der Waals surface area contributed by atoms with Crippen LogP contribution in [-0.2, 0) is 0 Å².